The van der Waals surface area contributed by atoms with E-state index in [1.54, 1.807) is 6.26 Å². The number of rotatable bonds is 6. The van der Waals surface area contributed by atoms with Crippen LogP contribution >= 0.6 is 0 Å². The summed E-state index contributed by atoms with van der Waals surface area (Å²) in [5.41, 5.74) is 4.90. The van der Waals surface area contributed by atoms with Gasteiger partial charge in [-0.15, -0.1) is 0 Å². The minimum atomic E-state index is -0.189. The molecule has 0 amide bonds. The van der Waals surface area contributed by atoms with E-state index in [9.17, 15) is 4.79 Å². The van der Waals surface area contributed by atoms with Crippen molar-refractivity contribution in [3.8, 4) is 0 Å². The Morgan fingerprint density at radius 3 is 2.20 bits per heavy atom. The van der Waals surface area contributed by atoms with Gasteiger partial charge in [-0.1, -0.05) is 75.4 Å². The number of allylic oxidation sites excluding steroid dienone is 1. The highest BCUT2D eigenvalue weighted by atomic mass is 16.5. The molecule has 132 valence electrons. The summed E-state index contributed by atoms with van der Waals surface area (Å²) in [5, 5.41) is 0. The van der Waals surface area contributed by atoms with Crippen molar-refractivity contribution in [2.24, 2.45) is 0 Å². The Kier molecular flexibility index (Phi) is 6.58. The second-order valence-corrected chi connectivity index (χ2v) is 7.56. The van der Waals surface area contributed by atoms with E-state index < -0.39 is 0 Å². The maximum Gasteiger partial charge on any atom is 0.310 e. The predicted octanol–water partition coefficient (Wildman–Crippen LogP) is 5.61. The van der Waals surface area contributed by atoms with Crippen LogP contribution in [0.15, 0.2) is 66.4 Å². The molecule has 0 unspecified atom stereocenters. The van der Waals surface area contributed by atoms with Gasteiger partial charge in [-0.2, -0.15) is 0 Å². The van der Waals surface area contributed by atoms with Gasteiger partial charge >= 0.3 is 5.97 Å². The fraction of sp³-hybridized carbons (Fsp3) is 0.348. The molecule has 0 N–H and O–H groups in total. The third-order valence-electron chi connectivity index (χ3n) is 4.16. The van der Waals surface area contributed by atoms with Gasteiger partial charge in [0.05, 0.1) is 6.26 Å². The van der Waals surface area contributed by atoms with E-state index in [1.165, 1.54) is 11.1 Å². The highest BCUT2D eigenvalue weighted by Gasteiger charge is 2.12. The van der Waals surface area contributed by atoms with Gasteiger partial charge in [-0.25, -0.2) is 0 Å². The van der Waals surface area contributed by atoms with Crippen LogP contribution < -0.4 is 0 Å². The maximum absolute atomic E-state index is 11.9. The molecule has 0 fully saturated rings. The van der Waals surface area contributed by atoms with Crippen molar-refractivity contribution < 1.29 is 9.53 Å². The second-order valence-electron chi connectivity index (χ2n) is 7.56. The Morgan fingerprint density at radius 2 is 1.60 bits per heavy atom. The Bertz CT molecular complexity index is 704. The van der Waals surface area contributed by atoms with Gasteiger partial charge in [0.2, 0.25) is 0 Å². The van der Waals surface area contributed by atoms with Crippen molar-refractivity contribution in [2.45, 2.75) is 52.4 Å². The van der Waals surface area contributed by atoms with E-state index in [0.717, 1.165) is 17.6 Å². The molecular formula is C23H28O2. The van der Waals surface area contributed by atoms with Gasteiger partial charge in [0.15, 0.2) is 0 Å². The molecule has 2 aromatic carbocycles. The van der Waals surface area contributed by atoms with Crippen molar-refractivity contribution >= 4 is 5.97 Å². The molecule has 0 spiro atoms. The zero-order valence-electron chi connectivity index (χ0n) is 15.7. The van der Waals surface area contributed by atoms with Crippen LogP contribution in [0.25, 0.3) is 0 Å². The summed E-state index contributed by atoms with van der Waals surface area (Å²) in [6.45, 7) is 8.62. The quantitative estimate of drug-likeness (QED) is 0.506. The third kappa shape index (κ3) is 6.58. The SMILES string of the molecule is C/C(=C\OC(=O)CCc1ccccc1)Cc1ccc(C(C)(C)C)cc1. The number of carbonyl (C=O) groups is 1. The zero-order chi connectivity index (χ0) is 18.3. The van der Waals surface area contributed by atoms with Crippen molar-refractivity contribution in [3.63, 3.8) is 0 Å². The molecule has 0 aliphatic carbocycles. The lowest BCUT2D eigenvalue weighted by atomic mass is 9.86. The molecule has 0 atom stereocenters. The van der Waals surface area contributed by atoms with E-state index in [2.05, 4.69) is 45.0 Å². The van der Waals surface area contributed by atoms with Crippen LogP contribution in [-0.4, -0.2) is 5.97 Å². The zero-order valence-corrected chi connectivity index (χ0v) is 15.7. The number of carbonyl (C=O) groups excluding carboxylic acids is 1. The van der Waals surface area contributed by atoms with Gasteiger partial charge < -0.3 is 4.74 Å². The first-order chi connectivity index (χ1) is 11.8. The first kappa shape index (κ1) is 19.0. The van der Waals surface area contributed by atoms with E-state index in [-0.39, 0.29) is 11.4 Å². The van der Waals surface area contributed by atoms with Crippen LogP contribution in [0.5, 0.6) is 0 Å². The van der Waals surface area contributed by atoms with Crippen molar-refractivity contribution in [3.05, 3.63) is 83.1 Å². The van der Waals surface area contributed by atoms with Crippen LogP contribution in [0.2, 0.25) is 0 Å². The number of hydrogen-bond donors (Lipinski definition) is 0. The molecule has 0 bridgehead atoms. The van der Waals surface area contributed by atoms with E-state index in [4.69, 9.17) is 4.74 Å². The Balaban J connectivity index is 1.81. The van der Waals surface area contributed by atoms with Crippen molar-refractivity contribution in [2.75, 3.05) is 0 Å². The number of benzene rings is 2. The summed E-state index contributed by atoms with van der Waals surface area (Å²) in [5.74, 6) is -0.189. The lowest BCUT2D eigenvalue weighted by Crippen LogP contribution is -2.10. The molecular weight excluding hydrogens is 308 g/mol. The van der Waals surface area contributed by atoms with Crippen LogP contribution in [-0.2, 0) is 27.8 Å². The average molecular weight is 336 g/mol. The van der Waals surface area contributed by atoms with Gasteiger partial charge in [-0.3, -0.25) is 4.79 Å². The average Bonchev–Trinajstić information content (AvgIpc) is 2.59. The molecule has 2 aromatic rings. The summed E-state index contributed by atoms with van der Waals surface area (Å²) in [6.07, 6.45) is 3.48. The highest BCUT2D eigenvalue weighted by Crippen LogP contribution is 2.22. The molecule has 25 heavy (non-hydrogen) atoms. The molecule has 2 heteroatoms. The first-order valence-corrected chi connectivity index (χ1v) is 8.83. The van der Waals surface area contributed by atoms with Gasteiger partial charge in [0, 0.05) is 6.42 Å². The molecule has 0 heterocycles. The van der Waals surface area contributed by atoms with Crippen molar-refractivity contribution in [1.82, 2.24) is 0 Å². The standard InChI is InChI=1S/C23H28O2/c1-18(16-20-10-13-21(14-11-20)23(2,3)4)17-25-22(24)15-12-19-8-6-5-7-9-19/h5-11,13-14,17H,12,15-16H2,1-4H3/b18-17+. The number of hydrogen-bond acceptors (Lipinski definition) is 2. The van der Waals surface area contributed by atoms with Crippen LogP contribution in [0.1, 0.15) is 50.8 Å². The summed E-state index contributed by atoms with van der Waals surface area (Å²) >= 11 is 0. The third-order valence-corrected chi connectivity index (χ3v) is 4.16. The Labute approximate surface area is 151 Å². The van der Waals surface area contributed by atoms with Gasteiger partial charge in [-0.05, 0) is 47.4 Å². The molecule has 0 aliphatic heterocycles. The molecule has 0 aromatic heterocycles. The monoisotopic (exact) mass is 336 g/mol. The molecule has 2 rings (SSSR count). The predicted molar refractivity (Wildman–Crippen MR) is 103 cm³/mol. The van der Waals surface area contributed by atoms with Gasteiger partial charge in [0.1, 0.15) is 0 Å². The number of aryl methyl sites for hydroxylation is 1. The lowest BCUT2D eigenvalue weighted by Gasteiger charge is -2.19. The normalized spacial score (nSPS) is 12.1. The smallest absolute Gasteiger partial charge is 0.310 e. The molecule has 0 aliphatic rings. The maximum atomic E-state index is 11.9. The Morgan fingerprint density at radius 1 is 0.960 bits per heavy atom. The first-order valence-electron chi connectivity index (χ1n) is 8.83. The fourth-order valence-corrected chi connectivity index (χ4v) is 2.60. The summed E-state index contributed by atoms with van der Waals surface area (Å²) < 4.78 is 5.27. The Hall–Kier alpha value is -2.35. The summed E-state index contributed by atoms with van der Waals surface area (Å²) in [6, 6.07) is 18.6. The van der Waals surface area contributed by atoms with Crippen LogP contribution in [0.3, 0.4) is 0 Å². The minimum absolute atomic E-state index is 0.164. The largest absolute Gasteiger partial charge is 0.435 e. The molecule has 0 saturated heterocycles. The summed E-state index contributed by atoms with van der Waals surface area (Å²) in [4.78, 5) is 11.9. The highest BCUT2D eigenvalue weighted by molar-refractivity contribution is 5.70. The number of esters is 1. The molecule has 0 radical (unpaired) electrons. The van der Waals surface area contributed by atoms with Crippen molar-refractivity contribution in [1.29, 1.82) is 0 Å². The van der Waals surface area contributed by atoms with Gasteiger partial charge in [0.25, 0.3) is 0 Å². The lowest BCUT2D eigenvalue weighted by molar-refractivity contribution is -0.138. The second kappa shape index (κ2) is 8.66. The number of ether oxygens (including phenoxy) is 1. The summed E-state index contributed by atoms with van der Waals surface area (Å²) in [7, 11) is 0. The topological polar surface area (TPSA) is 26.3 Å². The molecule has 0 saturated carbocycles. The fourth-order valence-electron chi connectivity index (χ4n) is 2.60. The van der Waals surface area contributed by atoms with Crippen LogP contribution in [0, 0.1) is 0 Å². The van der Waals surface area contributed by atoms with E-state index in [0.29, 0.717) is 12.8 Å². The van der Waals surface area contributed by atoms with Crippen LogP contribution in [0.4, 0.5) is 0 Å². The minimum Gasteiger partial charge on any atom is -0.435 e. The molecule has 2 nitrogen and oxygen atoms in total. The van der Waals surface area contributed by atoms with E-state index >= 15 is 0 Å². The van der Waals surface area contributed by atoms with E-state index in [1.807, 2.05) is 37.3 Å².